The molecule has 13 heavy (non-hydrogen) atoms. The maximum atomic E-state index is 5.63. The summed E-state index contributed by atoms with van der Waals surface area (Å²) in [7, 11) is 0. The van der Waals surface area contributed by atoms with Gasteiger partial charge in [-0.25, -0.2) is 4.98 Å². The molecule has 0 amide bonds. The normalized spacial score (nSPS) is 10.2. The van der Waals surface area contributed by atoms with E-state index in [1.54, 1.807) is 12.4 Å². The Kier molecular flexibility index (Phi) is 1.73. The lowest BCUT2D eigenvalue weighted by molar-refractivity contribution is 0.570. The number of oxazole rings is 1. The van der Waals surface area contributed by atoms with E-state index >= 15 is 0 Å². The number of pyridine rings is 1. The predicted molar refractivity (Wildman–Crippen MR) is 48.9 cm³/mol. The Morgan fingerprint density at radius 3 is 2.85 bits per heavy atom. The number of anilines is 1. The van der Waals surface area contributed by atoms with E-state index in [4.69, 9.17) is 10.2 Å². The van der Waals surface area contributed by atoms with E-state index < -0.39 is 0 Å². The van der Waals surface area contributed by atoms with Crippen molar-refractivity contribution in [2.45, 2.75) is 6.92 Å². The summed E-state index contributed by atoms with van der Waals surface area (Å²) in [6, 6.07) is 1.87. The number of nitrogens with two attached hydrogens (primary N) is 1. The first-order valence-corrected chi connectivity index (χ1v) is 3.88. The highest BCUT2D eigenvalue weighted by Gasteiger charge is 2.03. The number of rotatable bonds is 1. The van der Waals surface area contributed by atoms with Crippen molar-refractivity contribution in [3.8, 4) is 11.5 Å². The minimum Gasteiger partial charge on any atom is -0.442 e. The van der Waals surface area contributed by atoms with Crippen LogP contribution in [0.1, 0.15) is 5.56 Å². The van der Waals surface area contributed by atoms with Crippen LogP contribution in [-0.4, -0.2) is 9.97 Å². The van der Waals surface area contributed by atoms with Gasteiger partial charge in [-0.2, -0.15) is 0 Å². The molecule has 0 aromatic carbocycles. The molecule has 4 nitrogen and oxygen atoms in total. The zero-order chi connectivity index (χ0) is 9.26. The van der Waals surface area contributed by atoms with Crippen molar-refractivity contribution in [1.82, 2.24) is 9.97 Å². The van der Waals surface area contributed by atoms with Gasteiger partial charge in [-0.15, -0.1) is 0 Å². The van der Waals surface area contributed by atoms with E-state index in [1.165, 1.54) is 6.39 Å². The van der Waals surface area contributed by atoms with Crippen molar-refractivity contribution < 1.29 is 4.42 Å². The fourth-order valence-corrected chi connectivity index (χ4v) is 1.04. The largest absolute Gasteiger partial charge is 0.442 e. The summed E-state index contributed by atoms with van der Waals surface area (Å²) in [6.45, 7) is 1.93. The smallest absolute Gasteiger partial charge is 0.181 e. The van der Waals surface area contributed by atoms with Gasteiger partial charge in [-0.1, -0.05) is 0 Å². The maximum absolute atomic E-state index is 5.63. The fraction of sp³-hybridized carbons (Fsp3) is 0.111. The van der Waals surface area contributed by atoms with Gasteiger partial charge in [0.2, 0.25) is 0 Å². The summed E-state index contributed by atoms with van der Waals surface area (Å²) in [5.41, 5.74) is 8.06. The number of aryl methyl sites for hydroxylation is 1. The van der Waals surface area contributed by atoms with Crippen LogP contribution in [0.3, 0.4) is 0 Å². The van der Waals surface area contributed by atoms with E-state index in [9.17, 15) is 0 Å². The van der Waals surface area contributed by atoms with Gasteiger partial charge in [0, 0.05) is 0 Å². The van der Waals surface area contributed by atoms with E-state index in [2.05, 4.69) is 9.97 Å². The number of nitrogens with zero attached hydrogens (tertiary/aromatic N) is 2. The third kappa shape index (κ3) is 1.38. The molecule has 0 aliphatic carbocycles. The second-order valence-corrected chi connectivity index (χ2v) is 2.79. The van der Waals surface area contributed by atoms with Crippen LogP contribution in [0, 0.1) is 6.92 Å². The van der Waals surface area contributed by atoms with E-state index in [0.717, 1.165) is 11.3 Å². The first-order chi connectivity index (χ1) is 6.27. The van der Waals surface area contributed by atoms with Gasteiger partial charge in [0.15, 0.2) is 12.2 Å². The molecular weight excluding hydrogens is 166 g/mol. The summed E-state index contributed by atoms with van der Waals surface area (Å²) in [4.78, 5) is 7.94. The Morgan fingerprint density at radius 1 is 1.38 bits per heavy atom. The summed E-state index contributed by atoms with van der Waals surface area (Å²) in [5, 5.41) is 0. The highest BCUT2D eigenvalue weighted by atomic mass is 16.3. The number of aromatic nitrogens is 2. The second kappa shape index (κ2) is 2.90. The van der Waals surface area contributed by atoms with Gasteiger partial charge in [-0.05, 0) is 18.6 Å². The molecule has 0 saturated carbocycles. The van der Waals surface area contributed by atoms with Crippen molar-refractivity contribution in [3.63, 3.8) is 0 Å². The molecule has 66 valence electrons. The minimum atomic E-state index is 0.656. The monoisotopic (exact) mass is 175 g/mol. The van der Waals surface area contributed by atoms with E-state index in [0.29, 0.717) is 11.4 Å². The summed E-state index contributed by atoms with van der Waals surface area (Å²) < 4.78 is 5.10. The van der Waals surface area contributed by atoms with Crippen LogP contribution in [0.25, 0.3) is 11.5 Å². The van der Waals surface area contributed by atoms with Crippen molar-refractivity contribution in [3.05, 3.63) is 30.4 Å². The molecule has 0 radical (unpaired) electrons. The first kappa shape index (κ1) is 7.79. The molecule has 0 spiro atoms. The van der Waals surface area contributed by atoms with Crippen LogP contribution in [0.4, 0.5) is 5.69 Å². The van der Waals surface area contributed by atoms with Gasteiger partial charge >= 0.3 is 0 Å². The Bertz CT molecular complexity index is 409. The highest BCUT2D eigenvalue weighted by Crippen LogP contribution is 2.19. The van der Waals surface area contributed by atoms with Crippen LogP contribution in [0.15, 0.2) is 29.3 Å². The first-order valence-electron chi connectivity index (χ1n) is 3.88. The van der Waals surface area contributed by atoms with Gasteiger partial charge in [-0.3, -0.25) is 4.98 Å². The van der Waals surface area contributed by atoms with E-state index in [1.807, 2.05) is 13.0 Å². The third-order valence-corrected chi connectivity index (χ3v) is 1.84. The zero-order valence-electron chi connectivity index (χ0n) is 7.19. The molecule has 0 atom stereocenters. The molecule has 0 unspecified atom stereocenters. The van der Waals surface area contributed by atoms with Crippen LogP contribution in [0.5, 0.6) is 0 Å². The Labute approximate surface area is 75.4 Å². The summed E-state index contributed by atoms with van der Waals surface area (Å²) in [5.74, 6) is 0.656. The third-order valence-electron chi connectivity index (χ3n) is 1.84. The highest BCUT2D eigenvalue weighted by molar-refractivity contribution is 5.56. The molecule has 2 aromatic heterocycles. The topological polar surface area (TPSA) is 64.9 Å². The van der Waals surface area contributed by atoms with Gasteiger partial charge < -0.3 is 10.2 Å². The summed E-state index contributed by atoms with van der Waals surface area (Å²) >= 11 is 0. The lowest BCUT2D eigenvalue weighted by Crippen LogP contribution is -1.92. The molecule has 0 bridgehead atoms. The number of nitrogen functional groups attached to an aromatic ring is 1. The lowest BCUT2D eigenvalue weighted by atomic mass is 10.2. The average molecular weight is 175 g/mol. The van der Waals surface area contributed by atoms with Crippen molar-refractivity contribution in [2.75, 3.05) is 5.73 Å². The van der Waals surface area contributed by atoms with Crippen molar-refractivity contribution in [2.24, 2.45) is 0 Å². The molecule has 2 N–H and O–H groups in total. The molecule has 0 saturated heterocycles. The Morgan fingerprint density at radius 2 is 2.23 bits per heavy atom. The van der Waals surface area contributed by atoms with Crippen molar-refractivity contribution in [1.29, 1.82) is 0 Å². The molecule has 2 aromatic rings. The quantitative estimate of drug-likeness (QED) is 0.715. The molecule has 2 heterocycles. The standard InChI is InChI=1S/C9H9N3O/c1-6-2-8(12-3-7(6)10)9-4-11-5-13-9/h2-5H,10H2,1H3. The zero-order valence-corrected chi connectivity index (χ0v) is 7.19. The minimum absolute atomic E-state index is 0.656. The molecule has 2 rings (SSSR count). The number of hydrogen-bond donors (Lipinski definition) is 1. The van der Waals surface area contributed by atoms with Crippen LogP contribution in [-0.2, 0) is 0 Å². The molecule has 0 fully saturated rings. The Balaban J connectivity index is 2.49. The van der Waals surface area contributed by atoms with Crippen LogP contribution < -0.4 is 5.73 Å². The second-order valence-electron chi connectivity index (χ2n) is 2.79. The van der Waals surface area contributed by atoms with Gasteiger partial charge in [0.05, 0.1) is 18.1 Å². The summed E-state index contributed by atoms with van der Waals surface area (Å²) in [6.07, 6.45) is 4.62. The average Bonchev–Trinajstić information content (AvgIpc) is 2.62. The number of hydrogen-bond acceptors (Lipinski definition) is 4. The fourth-order valence-electron chi connectivity index (χ4n) is 1.04. The van der Waals surface area contributed by atoms with Gasteiger partial charge in [0.1, 0.15) is 5.69 Å². The SMILES string of the molecule is Cc1cc(-c2cnco2)ncc1N. The Hall–Kier alpha value is -1.84. The van der Waals surface area contributed by atoms with Crippen LogP contribution >= 0.6 is 0 Å². The molecule has 0 aliphatic rings. The molecular formula is C9H9N3O. The maximum Gasteiger partial charge on any atom is 0.181 e. The van der Waals surface area contributed by atoms with E-state index in [-0.39, 0.29) is 0 Å². The van der Waals surface area contributed by atoms with Crippen LogP contribution in [0.2, 0.25) is 0 Å². The van der Waals surface area contributed by atoms with Crippen molar-refractivity contribution >= 4 is 5.69 Å². The molecule has 4 heteroatoms. The van der Waals surface area contributed by atoms with Gasteiger partial charge in [0.25, 0.3) is 0 Å². The predicted octanol–water partition coefficient (Wildman–Crippen LogP) is 1.63. The molecule has 0 aliphatic heterocycles. The lowest BCUT2D eigenvalue weighted by Gasteiger charge is -2.00.